The first kappa shape index (κ1) is 18.0. The molecule has 0 amide bonds. The number of hydrogen-bond donors (Lipinski definition) is 2. The Hall–Kier alpha value is -3.37. The van der Waals surface area contributed by atoms with E-state index in [-0.39, 0.29) is 11.3 Å². The molecule has 0 aliphatic heterocycles. The first-order valence-electron chi connectivity index (χ1n) is 7.09. The highest BCUT2D eigenvalue weighted by Gasteiger charge is 2.09. The molecule has 0 spiro atoms. The van der Waals surface area contributed by atoms with Gasteiger partial charge in [-0.25, -0.2) is 9.78 Å². The van der Waals surface area contributed by atoms with Crippen molar-refractivity contribution < 1.29 is 9.53 Å². The van der Waals surface area contributed by atoms with Gasteiger partial charge in [-0.05, 0) is 24.3 Å². The van der Waals surface area contributed by atoms with Crippen molar-refractivity contribution in [3.05, 3.63) is 71.5 Å². The van der Waals surface area contributed by atoms with E-state index in [1.54, 1.807) is 36.5 Å². The van der Waals surface area contributed by atoms with E-state index in [0.717, 1.165) is 0 Å². The number of nitrogens with zero attached hydrogens (tertiary/aromatic N) is 3. The molecule has 2 heterocycles. The summed E-state index contributed by atoms with van der Waals surface area (Å²) in [5, 5.41) is 15.3. The molecule has 0 unspecified atom stereocenters. The third kappa shape index (κ3) is 5.34. The van der Waals surface area contributed by atoms with Crippen molar-refractivity contribution in [2.75, 3.05) is 12.4 Å². The van der Waals surface area contributed by atoms with Crippen molar-refractivity contribution in [2.24, 2.45) is 0 Å². The van der Waals surface area contributed by atoms with Gasteiger partial charge in [0, 0.05) is 24.8 Å². The van der Waals surface area contributed by atoms with Gasteiger partial charge in [0.2, 0.25) is 0 Å². The van der Waals surface area contributed by atoms with E-state index in [1.807, 2.05) is 6.07 Å². The van der Waals surface area contributed by atoms with Crippen LogP contribution in [-0.2, 0) is 9.53 Å². The molecule has 0 bridgehead atoms. The molecular weight excluding hydrogens is 342 g/mol. The van der Waals surface area contributed by atoms with Crippen LogP contribution in [-0.4, -0.2) is 23.0 Å². The number of carbonyl (C=O) groups is 1. The van der Waals surface area contributed by atoms with E-state index in [9.17, 15) is 10.1 Å². The van der Waals surface area contributed by atoms with Crippen LogP contribution in [0.2, 0.25) is 5.02 Å². The maximum Gasteiger partial charge on any atom is 0.355 e. The van der Waals surface area contributed by atoms with E-state index in [4.69, 9.17) is 16.3 Å². The third-order valence-electron chi connectivity index (χ3n) is 2.93. The van der Waals surface area contributed by atoms with Crippen molar-refractivity contribution >= 4 is 29.0 Å². The minimum Gasteiger partial charge on any atom is -0.464 e. The monoisotopic (exact) mass is 355 g/mol. The summed E-state index contributed by atoms with van der Waals surface area (Å²) in [4.78, 5) is 20.0. The average Bonchev–Trinajstić information content (AvgIpc) is 2.66. The Morgan fingerprint density at radius 2 is 2.12 bits per heavy atom. The lowest BCUT2D eigenvalue weighted by Crippen LogP contribution is -2.18. The van der Waals surface area contributed by atoms with E-state index < -0.39 is 5.97 Å². The van der Waals surface area contributed by atoms with Crippen LogP contribution >= 0.6 is 11.6 Å². The molecule has 25 heavy (non-hydrogen) atoms. The van der Waals surface area contributed by atoms with E-state index in [0.29, 0.717) is 16.5 Å². The van der Waals surface area contributed by atoms with Gasteiger partial charge in [-0.1, -0.05) is 17.7 Å². The lowest BCUT2D eigenvalue weighted by Gasteiger charge is -2.07. The Morgan fingerprint density at radius 1 is 1.28 bits per heavy atom. The van der Waals surface area contributed by atoms with Gasteiger partial charge < -0.3 is 15.4 Å². The topological polar surface area (TPSA) is 99.9 Å². The molecular formula is C17H14ClN5O2. The fourth-order valence-corrected chi connectivity index (χ4v) is 1.82. The lowest BCUT2D eigenvalue weighted by atomic mass is 10.2. The lowest BCUT2D eigenvalue weighted by molar-refractivity contribution is -0.136. The predicted molar refractivity (Wildman–Crippen MR) is 93.9 cm³/mol. The molecule has 126 valence electrons. The van der Waals surface area contributed by atoms with Gasteiger partial charge in [-0.15, -0.1) is 0 Å². The van der Waals surface area contributed by atoms with Crippen LogP contribution in [0, 0.1) is 11.3 Å². The normalized spacial score (nSPS) is 11.4. The van der Waals surface area contributed by atoms with Gasteiger partial charge in [0.15, 0.2) is 0 Å². The van der Waals surface area contributed by atoms with Crippen LogP contribution in [0.3, 0.4) is 0 Å². The van der Waals surface area contributed by atoms with Gasteiger partial charge in [-0.3, -0.25) is 4.98 Å². The first-order chi connectivity index (χ1) is 12.1. The molecule has 0 aliphatic carbocycles. The van der Waals surface area contributed by atoms with Crippen LogP contribution in [0.4, 0.5) is 5.82 Å². The number of ether oxygens (including phenoxy) is 1. The zero-order valence-electron chi connectivity index (χ0n) is 13.2. The summed E-state index contributed by atoms with van der Waals surface area (Å²) in [6, 6.07) is 10.5. The molecule has 0 fully saturated rings. The molecule has 0 atom stereocenters. The second-order valence-electron chi connectivity index (χ2n) is 4.58. The minimum absolute atomic E-state index is 0.0860. The summed E-state index contributed by atoms with van der Waals surface area (Å²) in [5.74, 6) is -0.127. The Labute approximate surface area is 149 Å². The second-order valence-corrected chi connectivity index (χ2v) is 5.02. The number of carbonyl (C=O) groups excluding carboxylic acids is 1. The molecule has 2 aromatic heterocycles. The minimum atomic E-state index is -0.615. The number of anilines is 1. The van der Waals surface area contributed by atoms with Gasteiger partial charge in [-0.2, -0.15) is 5.26 Å². The average molecular weight is 356 g/mol. The number of aromatic nitrogens is 2. The smallest absolute Gasteiger partial charge is 0.355 e. The Bertz CT molecular complexity index is 826. The maximum atomic E-state index is 11.9. The predicted octanol–water partition coefficient (Wildman–Crippen LogP) is 2.71. The van der Waals surface area contributed by atoms with Crippen molar-refractivity contribution in [1.82, 2.24) is 15.3 Å². The highest BCUT2D eigenvalue weighted by atomic mass is 35.5. The van der Waals surface area contributed by atoms with Crippen molar-refractivity contribution in [3.63, 3.8) is 0 Å². The van der Waals surface area contributed by atoms with Crippen LogP contribution in [0.1, 0.15) is 5.69 Å². The standard InChI is InChI=1S/C17H14ClN5O2/c1-25-17(24)15(11-23-16-6-5-13(18)10-22-16)21-9-12(8-19)14-4-2-3-7-20-14/h2-7,9-11,21H,1H3,(H,22,23)/b12-9-,15-11+. The SMILES string of the molecule is COC(=O)/C(=C\Nc1ccc(Cl)cn1)N/C=C(/C#N)c1ccccn1. The van der Waals surface area contributed by atoms with Gasteiger partial charge >= 0.3 is 5.97 Å². The summed E-state index contributed by atoms with van der Waals surface area (Å²) in [5.41, 5.74) is 0.831. The molecule has 8 heteroatoms. The fourth-order valence-electron chi connectivity index (χ4n) is 1.71. The summed E-state index contributed by atoms with van der Waals surface area (Å²) >= 11 is 5.77. The zero-order chi connectivity index (χ0) is 18.1. The van der Waals surface area contributed by atoms with Gasteiger partial charge in [0.1, 0.15) is 17.6 Å². The van der Waals surface area contributed by atoms with E-state index in [2.05, 4.69) is 20.6 Å². The Kier molecular flexibility index (Phi) is 6.51. The van der Waals surface area contributed by atoms with Gasteiger partial charge in [0.25, 0.3) is 0 Å². The summed E-state index contributed by atoms with van der Waals surface area (Å²) < 4.78 is 4.71. The molecule has 0 saturated carbocycles. The number of methoxy groups -OCH3 is 1. The van der Waals surface area contributed by atoms with Crippen molar-refractivity contribution in [1.29, 1.82) is 5.26 Å². The van der Waals surface area contributed by atoms with Crippen molar-refractivity contribution in [2.45, 2.75) is 0 Å². The van der Waals surface area contributed by atoms with E-state index in [1.165, 1.54) is 25.7 Å². The summed E-state index contributed by atoms with van der Waals surface area (Å²) in [7, 11) is 1.26. The number of nitriles is 1. The Morgan fingerprint density at radius 3 is 2.72 bits per heavy atom. The molecule has 2 aromatic rings. The zero-order valence-corrected chi connectivity index (χ0v) is 14.0. The number of allylic oxidation sites excluding steroid dienone is 1. The number of nitrogens with one attached hydrogen (secondary N) is 2. The summed E-state index contributed by atoms with van der Waals surface area (Å²) in [6.45, 7) is 0. The van der Waals surface area contributed by atoms with Crippen LogP contribution in [0.15, 0.2) is 60.8 Å². The van der Waals surface area contributed by atoms with Crippen LogP contribution in [0.5, 0.6) is 0 Å². The highest BCUT2D eigenvalue weighted by Crippen LogP contribution is 2.11. The Balaban J connectivity index is 2.18. The maximum absolute atomic E-state index is 11.9. The third-order valence-corrected chi connectivity index (χ3v) is 3.15. The molecule has 0 saturated heterocycles. The molecule has 0 radical (unpaired) electrons. The van der Waals surface area contributed by atoms with Gasteiger partial charge in [0.05, 0.1) is 23.4 Å². The molecule has 7 nitrogen and oxygen atoms in total. The second kappa shape index (κ2) is 9.05. The number of hydrogen-bond acceptors (Lipinski definition) is 7. The molecule has 2 N–H and O–H groups in total. The number of rotatable bonds is 6. The first-order valence-corrected chi connectivity index (χ1v) is 7.46. The summed E-state index contributed by atoms with van der Waals surface area (Å²) in [6.07, 6.45) is 5.80. The number of esters is 1. The largest absolute Gasteiger partial charge is 0.464 e. The fraction of sp³-hybridized carbons (Fsp3) is 0.0588. The van der Waals surface area contributed by atoms with E-state index >= 15 is 0 Å². The van der Waals surface area contributed by atoms with Crippen LogP contribution in [0.25, 0.3) is 5.57 Å². The quantitative estimate of drug-likeness (QED) is 0.466. The number of pyridine rings is 2. The van der Waals surface area contributed by atoms with Crippen molar-refractivity contribution in [3.8, 4) is 6.07 Å². The molecule has 0 aliphatic rings. The van der Waals surface area contributed by atoms with Crippen LogP contribution < -0.4 is 10.6 Å². The highest BCUT2D eigenvalue weighted by molar-refractivity contribution is 6.30. The molecule has 2 rings (SSSR count). The molecule has 0 aromatic carbocycles. The number of halogens is 1.